The molecule has 26 heavy (non-hydrogen) atoms. The highest BCUT2D eigenvalue weighted by atomic mass is 32.1. The zero-order valence-corrected chi connectivity index (χ0v) is 14.7. The van der Waals surface area contributed by atoms with E-state index in [9.17, 15) is 0 Å². The Morgan fingerprint density at radius 1 is 1.00 bits per heavy atom. The standard InChI is InChI=1S/C17H15N7OS/c1-2-24(11-7-4-3-5-8-11)17-21-13(20-16(18)22-17)14-19-15(25-23-14)12-9-6-10-26-12/h3-10H,2H2,1H3,(H2,18,20,21,22). The molecule has 8 nitrogen and oxygen atoms in total. The number of benzene rings is 1. The summed E-state index contributed by atoms with van der Waals surface area (Å²) in [7, 11) is 0. The average molecular weight is 365 g/mol. The van der Waals surface area contributed by atoms with Crippen molar-refractivity contribution in [2.75, 3.05) is 17.2 Å². The van der Waals surface area contributed by atoms with Crippen molar-refractivity contribution in [3.05, 3.63) is 47.8 Å². The molecule has 0 spiro atoms. The number of hydrogen-bond donors (Lipinski definition) is 1. The highest BCUT2D eigenvalue weighted by molar-refractivity contribution is 7.13. The van der Waals surface area contributed by atoms with Gasteiger partial charge in [0, 0.05) is 12.2 Å². The summed E-state index contributed by atoms with van der Waals surface area (Å²) in [5.74, 6) is 1.50. The molecule has 0 fully saturated rings. The van der Waals surface area contributed by atoms with E-state index in [-0.39, 0.29) is 17.6 Å². The first kappa shape index (κ1) is 16.2. The predicted molar refractivity (Wildman–Crippen MR) is 100.0 cm³/mol. The lowest BCUT2D eigenvalue weighted by atomic mass is 10.3. The third kappa shape index (κ3) is 3.11. The molecule has 0 saturated heterocycles. The highest BCUT2D eigenvalue weighted by Gasteiger charge is 2.18. The Balaban J connectivity index is 1.73. The van der Waals surface area contributed by atoms with Crippen LogP contribution >= 0.6 is 11.3 Å². The summed E-state index contributed by atoms with van der Waals surface area (Å²) in [6, 6.07) is 13.6. The van der Waals surface area contributed by atoms with Gasteiger partial charge in [0.1, 0.15) is 0 Å². The van der Waals surface area contributed by atoms with Crippen LogP contribution in [0.1, 0.15) is 6.92 Å². The van der Waals surface area contributed by atoms with E-state index < -0.39 is 0 Å². The van der Waals surface area contributed by atoms with Gasteiger partial charge in [-0.05, 0) is 30.5 Å². The average Bonchev–Trinajstić information content (AvgIpc) is 3.34. The zero-order valence-electron chi connectivity index (χ0n) is 13.9. The van der Waals surface area contributed by atoms with Crippen molar-refractivity contribution in [2.45, 2.75) is 6.92 Å². The Hall–Kier alpha value is -3.33. The number of anilines is 3. The molecule has 0 amide bonds. The van der Waals surface area contributed by atoms with Gasteiger partial charge in [-0.25, -0.2) is 0 Å². The molecule has 0 bridgehead atoms. The Morgan fingerprint density at radius 3 is 2.58 bits per heavy atom. The van der Waals surface area contributed by atoms with Crippen molar-refractivity contribution >= 4 is 28.9 Å². The number of rotatable bonds is 5. The molecule has 3 aromatic heterocycles. The van der Waals surface area contributed by atoms with Crippen LogP contribution in [0.3, 0.4) is 0 Å². The molecule has 4 rings (SSSR count). The molecular weight excluding hydrogens is 350 g/mol. The van der Waals surface area contributed by atoms with E-state index in [1.165, 1.54) is 11.3 Å². The van der Waals surface area contributed by atoms with Crippen LogP contribution in [0.15, 0.2) is 52.4 Å². The lowest BCUT2D eigenvalue weighted by Crippen LogP contribution is -2.20. The molecule has 3 heterocycles. The molecule has 0 unspecified atom stereocenters. The fourth-order valence-electron chi connectivity index (χ4n) is 2.46. The lowest BCUT2D eigenvalue weighted by Gasteiger charge is -2.20. The van der Waals surface area contributed by atoms with Crippen LogP contribution in [0, 0.1) is 0 Å². The Morgan fingerprint density at radius 2 is 1.85 bits per heavy atom. The molecule has 1 aromatic carbocycles. The van der Waals surface area contributed by atoms with Gasteiger partial charge in [-0.15, -0.1) is 11.3 Å². The van der Waals surface area contributed by atoms with Crippen LogP contribution in [-0.4, -0.2) is 31.6 Å². The van der Waals surface area contributed by atoms with E-state index in [1.54, 1.807) is 0 Å². The molecule has 4 aromatic rings. The van der Waals surface area contributed by atoms with Crippen molar-refractivity contribution in [1.29, 1.82) is 0 Å². The van der Waals surface area contributed by atoms with Gasteiger partial charge < -0.3 is 15.2 Å². The fourth-order valence-corrected chi connectivity index (χ4v) is 3.11. The molecule has 9 heteroatoms. The summed E-state index contributed by atoms with van der Waals surface area (Å²) < 4.78 is 5.31. The van der Waals surface area contributed by atoms with Gasteiger partial charge in [-0.1, -0.05) is 29.4 Å². The second-order valence-corrected chi connectivity index (χ2v) is 6.25. The number of nitrogens with zero attached hydrogens (tertiary/aromatic N) is 6. The smallest absolute Gasteiger partial charge is 0.268 e. The molecule has 2 N–H and O–H groups in total. The number of para-hydroxylation sites is 1. The van der Waals surface area contributed by atoms with Crippen LogP contribution < -0.4 is 10.6 Å². The zero-order chi connectivity index (χ0) is 17.9. The van der Waals surface area contributed by atoms with Gasteiger partial charge in [-0.2, -0.15) is 19.9 Å². The quantitative estimate of drug-likeness (QED) is 0.573. The molecule has 0 atom stereocenters. The minimum absolute atomic E-state index is 0.0989. The molecule has 0 aliphatic carbocycles. The summed E-state index contributed by atoms with van der Waals surface area (Å²) in [5, 5.41) is 5.92. The van der Waals surface area contributed by atoms with Gasteiger partial charge in [0.25, 0.3) is 5.89 Å². The van der Waals surface area contributed by atoms with Gasteiger partial charge in [0.05, 0.1) is 4.88 Å². The first-order valence-electron chi connectivity index (χ1n) is 7.96. The van der Waals surface area contributed by atoms with Crippen molar-refractivity contribution in [3.63, 3.8) is 0 Å². The number of nitrogen functional groups attached to an aromatic ring is 1. The Bertz CT molecular complexity index is 1000. The highest BCUT2D eigenvalue weighted by Crippen LogP contribution is 2.26. The summed E-state index contributed by atoms with van der Waals surface area (Å²) in [4.78, 5) is 20.1. The number of aromatic nitrogens is 5. The van der Waals surface area contributed by atoms with Crippen LogP contribution in [0.5, 0.6) is 0 Å². The maximum atomic E-state index is 5.90. The van der Waals surface area contributed by atoms with Gasteiger partial charge in [0.15, 0.2) is 0 Å². The summed E-state index contributed by atoms with van der Waals surface area (Å²) in [6.45, 7) is 2.68. The van der Waals surface area contributed by atoms with Crippen LogP contribution in [0.2, 0.25) is 0 Å². The topological polar surface area (TPSA) is 107 Å². The van der Waals surface area contributed by atoms with Crippen LogP contribution in [-0.2, 0) is 0 Å². The summed E-state index contributed by atoms with van der Waals surface area (Å²) in [5.41, 5.74) is 6.85. The Labute approximate surface area is 153 Å². The van der Waals surface area contributed by atoms with E-state index in [2.05, 4.69) is 25.1 Å². The van der Waals surface area contributed by atoms with Crippen molar-refractivity contribution in [1.82, 2.24) is 25.1 Å². The molecular formula is C17H15N7OS. The van der Waals surface area contributed by atoms with Crippen molar-refractivity contribution < 1.29 is 4.52 Å². The fraction of sp³-hybridized carbons (Fsp3) is 0.118. The molecule has 130 valence electrons. The van der Waals surface area contributed by atoms with Gasteiger partial charge in [-0.3, -0.25) is 0 Å². The third-order valence-electron chi connectivity index (χ3n) is 3.62. The maximum absolute atomic E-state index is 5.90. The summed E-state index contributed by atoms with van der Waals surface area (Å²) >= 11 is 1.51. The van der Waals surface area contributed by atoms with Crippen molar-refractivity contribution in [2.24, 2.45) is 0 Å². The number of nitrogens with two attached hydrogens (primary N) is 1. The van der Waals surface area contributed by atoms with Gasteiger partial charge >= 0.3 is 0 Å². The molecule has 0 aliphatic heterocycles. The predicted octanol–water partition coefficient (Wildman–Crippen LogP) is 3.39. The first-order valence-corrected chi connectivity index (χ1v) is 8.84. The Kier molecular flexibility index (Phi) is 4.28. The van der Waals surface area contributed by atoms with Gasteiger partial charge in [0.2, 0.25) is 23.5 Å². The molecule has 0 aliphatic rings. The minimum Gasteiger partial charge on any atom is -0.368 e. The first-order chi connectivity index (χ1) is 12.7. The van der Waals surface area contributed by atoms with E-state index in [4.69, 9.17) is 10.3 Å². The number of thiophene rings is 1. The van der Waals surface area contributed by atoms with Crippen LogP contribution in [0.25, 0.3) is 22.4 Å². The van der Waals surface area contributed by atoms with E-state index in [1.807, 2.05) is 59.7 Å². The van der Waals surface area contributed by atoms with E-state index in [0.29, 0.717) is 18.4 Å². The minimum atomic E-state index is 0.0989. The normalized spacial score (nSPS) is 10.8. The van der Waals surface area contributed by atoms with Crippen LogP contribution in [0.4, 0.5) is 17.6 Å². The summed E-state index contributed by atoms with van der Waals surface area (Å²) in [6.07, 6.45) is 0. The molecule has 0 radical (unpaired) electrons. The number of hydrogen-bond acceptors (Lipinski definition) is 9. The second kappa shape index (κ2) is 6.89. The molecule has 0 saturated carbocycles. The SMILES string of the molecule is CCN(c1ccccc1)c1nc(N)nc(-c2noc(-c3cccs3)n2)n1. The largest absolute Gasteiger partial charge is 0.368 e. The second-order valence-electron chi connectivity index (χ2n) is 5.30. The monoisotopic (exact) mass is 365 g/mol. The maximum Gasteiger partial charge on any atom is 0.268 e. The van der Waals surface area contributed by atoms with E-state index in [0.717, 1.165) is 10.6 Å². The lowest BCUT2D eigenvalue weighted by molar-refractivity contribution is 0.433. The van der Waals surface area contributed by atoms with E-state index >= 15 is 0 Å². The third-order valence-corrected chi connectivity index (χ3v) is 4.48. The van der Waals surface area contributed by atoms with Crippen molar-refractivity contribution in [3.8, 4) is 22.4 Å².